The molecule has 0 spiro atoms. The van der Waals surface area contributed by atoms with Gasteiger partial charge in [0.25, 0.3) is 0 Å². The number of hydrogen-bond donors (Lipinski definition) is 2. The van der Waals surface area contributed by atoms with E-state index in [-0.39, 0.29) is 5.91 Å². The zero-order chi connectivity index (χ0) is 11.3. The second-order valence-electron chi connectivity index (χ2n) is 3.11. The molecule has 0 aromatic carbocycles. The van der Waals surface area contributed by atoms with Crippen molar-refractivity contribution in [3.63, 3.8) is 0 Å². The fourth-order valence-electron chi connectivity index (χ4n) is 1.04. The Kier molecular flexibility index (Phi) is 4.64. The molecule has 82 valence electrons. The van der Waals surface area contributed by atoms with E-state index in [1.165, 1.54) is 12.4 Å². The Morgan fingerprint density at radius 3 is 2.87 bits per heavy atom. The maximum absolute atomic E-state index is 11.5. The quantitative estimate of drug-likeness (QED) is 0.866. The highest BCUT2D eigenvalue weighted by atomic mass is 79.9. The summed E-state index contributed by atoms with van der Waals surface area (Å²) in [4.78, 5) is 19.4. The van der Waals surface area contributed by atoms with Crippen LogP contribution in [0.4, 0.5) is 5.82 Å². The molecule has 0 bridgehead atoms. The molecule has 0 fully saturated rings. The molecule has 0 radical (unpaired) electrons. The molecule has 15 heavy (non-hydrogen) atoms. The van der Waals surface area contributed by atoms with Gasteiger partial charge in [-0.2, -0.15) is 0 Å². The molecule has 0 saturated heterocycles. The molecule has 0 aliphatic rings. The summed E-state index contributed by atoms with van der Waals surface area (Å²) in [6.45, 7) is 1.98. The first-order valence-corrected chi connectivity index (χ1v) is 5.46. The van der Waals surface area contributed by atoms with Crippen molar-refractivity contribution in [2.45, 2.75) is 25.8 Å². The zero-order valence-electron chi connectivity index (χ0n) is 8.40. The first-order valence-electron chi connectivity index (χ1n) is 4.67. The Balaban J connectivity index is 2.54. The first kappa shape index (κ1) is 12.1. The Labute approximate surface area is 96.6 Å². The first-order chi connectivity index (χ1) is 7.13. The summed E-state index contributed by atoms with van der Waals surface area (Å²) in [6, 6.07) is -0.486. The number of aromatic nitrogens is 2. The maximum Gasteiger partial charge on any atom is 0.242 e. The molecule has 1 aromatic heterocycles. The molecule has 1 heterocycles. The topological polar surface area (TPSA) is 80.9 Å². The molecule has 1 atom stereocenters. The third-order valence-electron chi connectivity index (χ3n) is 1.81. The maximum atomic E-state index is 11.5. The summed E-state index contributed by atoms with van der Waals surface area (Å²) in [6.07, 6.45) is 4.53. The zero-order valence-corrected chi connectivity index (χ0v) is 9.99. The van der Waals surface area contributed by atoms with Gasteiger partial charge in [0.2, 0.25) is 5.91 Å². The number of carbonyl (C=O) groups excluding carboxylic acids is 1. The highest BCUT2D eigenvalue weighted by Gasteiger charge is 2.12. The van der Waals surface area contributed by atoms with Gasteiger partial charge in [0, 0.05) is 0 Å². The van der Waals surface area contributed by atoms with Crippen LogP contribution in [0.1, 0.15) is 19.8 Å². The van der Waals surface area contributed by atoms with Gasteiger partial charge in [0.15, 0.2) is 5.82 Å². The second-order valence-corrected chi connectivity index (χ2v) is 3.92. The van der Waals surface area contributed by atoms with E-state index in [2.05, 4.69) is 31.2 Å². The van der Waals surface area contributed by atoms with Crippen molar-refractivity contribution in [2.24, 2.45) is 5.73 Å². The number of nitrogens with zero attached hydrogens (tertiary/aromatic N) is 2. The third-order valence-corrected chi connectivity index (χ3v) is 2.22. The van der Waals surface area contributed by atoms with Crippen LogP contribution in [0.2, 0.25) is 0 Å². The number of nitrogens with two attached hydrogens (primary N) is 1. The van der Waals surface area contributed by atoms with E-state index in [0.29, 0.717) is 16.8 Å². The van der Waals surface area contributed by atoms with E-state index in [0.717, 1.165) is 6.42 Å². The molecule has 1 aromatic rings. The predicted molar refractivity (Wildman–Crippen MR) is 61.2 cm³/mol. The molecule has 6 heteroatoms. The number of anilines is 1. The molecule has 0 unspecified atom stereocenters. The van der Waals surface area contributed by atoms with Gasteiger partial charge in [0.1, 0.15) is 4.60 Å². The Morgan fingerprint density at radius 1 is 1.60 bits per heavy atom. The highest BCUT2D eigenvalue weighted by molar-refractivity contribution is 9.10. The van der Waals surface area contributed by atoms with Crippen molar-refractivity contribution in [1.29, 1.82) is 0 Å². The Morgan fingerprint density at radius 2 is 2.33 bits per heavy atom. The molecule has 0 aliphatic carbocycles. The predicted octanol–water partition coefficient (Wildman–Crippen LogP) is 1.30. The lowest BCUT2D eigenvalue weighted by Crippen LogP contribution is -2.35. The summed E-state index contributed by atoms with van der Waals surface area (Å²) in [5, 5.41) is 2.60. The van der Waals surface area contributed by atoms with Crippen LogP contribution in [0.15, 0.2) is 17.0 Å². The van der Waals surface area contributed by atoms with Gasteiger partial charge in [-0.25, -0.2) is 9.97 Å². The van der Waals surface area contributed by atoms with Crippen LogP contribution in [0, 0.1) is 0 Å². The van der Waals surface area contributed by atoms with Crippen molar-refractivity contribution < 1.29 is 4.79 Å². The fourth-order valence-corrected chi connectivity index (χ4v) is 1.24. The van der Waals surface area contributed by atoms with E-state index in [9.17, 15) is 4.79 Å². The van der Waals surface area contributed by atoms with Gasteiger partial charge < -0.3 is 11.1 Å². The van der Waals surface area contributed by atoms with E-state index in [4.69, 9.17) is 5.73 Å². The lowest BCUT2D eigenvalue weighted by Gasteiger charge is -2.09. The van der Waals surface area contributed by atoms with E-state index in [1.807, 2.05) is 6.92 Å². The molecule has 5 nitrogen and oxygen atoms in total. The van der Waals surface area contributed by atoms with Crippen LogP contribution in [-0.4, -0.2) is 21.9 Å². The van der Waals surface area contributed by atoms with Crippen LogP contribution in [-0.2, 0) is 4.79 Å². The lowest BCUT2D eigenvalue weighted by molar-refractivity contribution is -0.117. The summed E-state index contributed by atoms with van der Waals surface area (Å²) in [5.74, 6) is 0.184. The van der Waals surface area contributed by atoms with Gasteiger partial charge in [0.05, 0.1) is 18.4 Å². The molecule has 1 rings (SSSR count). The fraction of sp³-hybridized carbons (Fsp3) is 0.444. The number of amides is 1. The van der Waals surface area contributed by atoms with Crippen molar-refractivity contribution in [1.82, 2.24) is 9.97 Å². The van der Waals surface area contributed by atoms with Crippen LogP contribution < -0.4 is 11.1 Å². The van der Waals surface area contributed by atoms with Crippen LogP contribution in [0.5, 0.6) is 0 Å². The monoisotopic (exact) mass is 272 g/mol. The van der Waals surface area contributed by atoms with Gasteiger partial charge in [-0.05, 0) is 22.4 Å². The summed E-state index contributed by atoms with van der Waals surface area (Å²) >= 11 is 3.15. The number of halogens is 1. The summed E-state index contributed by atoms with van der Waals surface area (Å²) in [7, 11) is 0. The Hall–Kier alpha value is -1.01. The highest BCUT2D eigenvalue weighted by Crippen LogP contribution is 2.06. The SMILES string of the molecule is CCC[C@H](N)C(=O)Nc1cnc(Br)cn1. The number of nitrogens with one attached hydrogen (secondary N) is 1. The molecule has 3 N–H and O–H groups in total. The van der Waals surface area contributed by atoms with E-state index in [1.54, 1.807) is 0 Å². The third kappa shape index (κ3) is 3.93. The van der Waals surface area contributed by atoms with Crippen molar-refractivity contribution >= 4 is 27.7 Å². The molecular weight excluding hydrogens is 260 g/mol. The van der Waals surface area contributed by atoms with Gasteiger partial charge in [-0.15, -0.1) is 0 Å². The molecule has 0 aliphatic heterocycles. The van der Waals surface area contributed by atoms with Crippen molar-refractivity contribution in [2.75, 3.05) is 5.32 Å². The largest absolute Gasteiger partial charge is 0.320 e. The number of carbonyl (C=O) groups is 1. The van der Waals surface area contributed by atoms with Gasteiger partial charge >= 0.3 is 0 Å². The summed E-state index contributed by atoms with van der Waals surface area (Å²) < 4.78 is 0.623. The van der Waals surface area contributed by atoms with E-state index >= 15 is 0 Å². The number of hydrogen-bond acceptors (Lipinski definition) is 4. The van der Waals surface area contributed by atoms with Gasteiger partial charge in [-0.1, -0.05) is 13.3 Å². The molecule has 0 saturated carbocycles. The van der Waals surface area contributed by atoms with Crippen LogP contribution in [0.25, 0.3) is 0 Å². The smallest absolute Gasteiger partial charge is 0.242 e. The molecular formula is C9H13BrN4O. The van der Waals surface area contributed by atoms with Crippen molar-refractivity contribution in [3.05, 3.63) is 17.0 Å². The Bertz CT molecular complexity index is 327. The second kappa shape index (κ2) is 5.77. The standard InChI is InChI=1S/C9H13BrN4O/c1-2-3-6(11)9(15)14-8-5-12-7(10)4-13-8/h4-6H,2-3,11H2,1H3,(H,13,14,15)/t6-/m0/s1. The number of rotatable bonds is 4. The van der Waals surface area contributed by atoms with Gasteiger partial charge in [-0.3, -0.25) is 4.79 Å². The average molecular weight is 273 g/mol. The molecule has 1 amide bonds. The lowest BCUT2D eigenvalue weighted by atomic mass is 10.2. The van der Waals surface area contributed by atoms with Crippen molar-refractivity contribution in [3.8, 4) is 0 Å². The minimum Gasteiger partial charge on any atom is -0.320 e. The van der Waals surface area contributed by atoms with Crippen LogP contribution in [0.3, 0.4) is 0 Å². The van der Waals surface area contributed by atoms with E-state index < -0.39 is 6.04 Å². The van der Waals surface area contributed by atoms with Crippen LogP contribution >= 0.6 is 15.9 Å². The minimum atomic E-state index is -0.486. The average Bonchev–Trinajstić information content (AvgIpc) is 2.22. The normalized spacial score (nSPS) is 12.2. The summed E-state index contributed by atoms with van der Waals surface area (Å²) in [5.41, 5.74) is 5.64. The minimum absolute atomic E-state index is 0.228.